The van der Waals surface area contributed by atoms with Crippen LogP contribution < -0.4 is 15.5 Å². The highest BCUT2D eigenvalue weighted by Crippen LogP contribution is 2.39. The van der Waals surface area contributed by atoms with Crippen molar-refractivity contribution in [3.8, 4) is 0 Å². The van der Waals surface area contributed by atoms with Crippen LogP contribution in [0.5, 0.6) is 0 Å². The smallest absolute Gasteiger partial charge is 0.370 e. The van der Waals surface area contributed by atoms with Crippen molar-refractivity contribution in [2.45, 2.75) is 25.1 Å². The summed E-state index contributed by atoms with van der Waals surface area (Å²) in [5.41, 5.74) is -0.937. The Morgan fingerprint density at radius 3 is 2.43 bits per heavy atom. The number of likely N-dealkylation sites (tertiary alicyclic amines) is 1. The van der Waals surface area contributed by atoms with E-state index in [-0.39, 0.29) is 31.1 Å². The summed E-state index contributed by atoms with van der Waals surface area (Å²) in [4.78, 5) is 40.1. The highest BCUT2D eigenvalue weighted by atomic mass is 35.5. The number of alkyl halides is 3. The van der Waals surface area contributed by atoms with Crippen molar-refractivity contribution in [1.29, 1.82) is 0 Å². The summed E-state index contributed by atoms with van der Waals surface area (Å²) in [6, 6.07) is 8.35. The van der Waals surface area contributed by atoms with Crippen LogP contribution in [-0.4, -0.2) is 55.1 Å². The zero-order valence-electron chi connectivity index (χ0n) is 18.4. The van der Waals surface area contributed by atoms with Crippen LogP contribution in [0.15, 0.2) is 42.5 Å². The average Bonchev–Trinajstić information content (AvgIpc) is 3.31. The van der Waals surface area contributed by atoms with Crippen LogP contribution in [-0.2, 0) is 20.5 Å². The van der Waals surface area contributed by atoms with Crippen molar-refractivity contribution in [1.82, 2.24) is 4.90 Å². The van der Waals surface area contributed by atoms with Gasteiger partial charge in [0, 0.05) is 29.5 Å². The summed E-state index contributed by atoms with van der Waals surface area (Å²) in [5.74, 6) is -1.18. The van der Waals surface area contributed by atoms with Crippen molar-refractivity contribution >= 4 is 46.5 Å². The molecule has 2 aliphatic rings. The van der Waals surface area contributed by atoms with Gasteiger partial charge in [-0.3, -0.25) is 9.59 Å². The zero-order chi connectivity index (χ0) is 25.2. The molecule has 12 heteroatoms. The van der Waals surface area contributed by atoms with Gasteiger partial charge in [0.2, 0.25) is 5.91 Å². The molecular formula is C23H22ClF3N4O4. The lowest BCUT2D eigenvalue weighted by molar-refractivity contribution is -0.137. The topological polar surface area (TPSA) is 91.0 Å². The minimum absolute atomic E-state index is 0.00656. The van der Waals surface area contributed by atoms with Gasteiger partial charge >= 0.3 is 12.2 Å². The number of hydrogen-bond acceptors (Lipinski definition) is 4. The molecule has 1 atom stereocenters. The molecule has 0 aliphatic carbocycles. The van der Waals surface area contributed by atoms with Gasteiger partial charge in [-0.05, 0) is 55.3 Å². The summed E-state index contributed by atoms with van der Waals surface area (Å²) in [6.07, 6.45) is -3.82. The van der Waals surface area contributed by atoms with Crippen LogP contribution in [0.1, 0.15) is 18.4 Å². The van der Waals surface area contributed by atoms with E-state index in [0.717, 1.165) is 17.0 Å². The molecule has 4 rings (SSSR count). The molecule has 0 aromatic heterocycles. The van der Waals surface area contributed by atoms with Gasteiger partial charge in [0.05, 0.1) is 17.9 Å². The van der Waals surface area contributed by atoms with Gasteiger partial charge in [-0.25, -0.2) is 4.79 Å². The van der Waals surface area contributed by atoms with Crippen LogP contribution >= 0.6 is 11.6 Å². The van der Waals surface area contributed by atoms with Crippen LogP contribution in [0.4, 0.5) is 35.0 Å². The SMILES string of the molecule is O=C(Nc1ccc(N2CCOCC2=O)c(C(F)(F)F)c1)[C@H]1CCCN1C(=O)Nc1ccc(Cl)cc1. The lowest BCUT2D eigenvalue weighted by atomic mass is 10.1. The molecule has 2 aromatic rings. The Morgan fingerprint density at radius 2 is 1.74 bits per heavy atom. The number of nitrogens with one attached hydrogen (secondary N) is 2. The first-order valence-corrected chi connectivity index (χ1v) is 11.2. The number of amides is 4. The summed E-state index contributed by atoms with van der Waals surface area (Å²) in [5, 5.41) is 5.68. The normalized spacial score (nSPS) is 18.5. The molecule has 0 unspecified atom stereocenters. The van der Waals surface area contributed by atoms with Crippen molar-refractivity contribution in [3.63, 3.8) is 0 Å². The van der Waals surface area contributed by atoms with E-state index in [9.17, 15) is 27.6 Å². The Morgan fingerprint density at radius 1 is 1.03 bits per heavy atom. The first kappa shape index (κ1) is 24.8. The van der Waals surface area contributed by atoms with Gasteiger partial charge < -0.3 is 25.2 Å². The molecule has 0 radical (unpaired) electrons. The van der Waals surface area contributed by atoms with Crippen LogP contribution in [0.25, 0.3) is 0 Å². The van der Waals surface area contributed by atoms with E-state index in [1.807, 2.05) is 0 Å². The zero-order valence-corrected chi connectivity index (χ0v) is 19.2. The Balaban J connectivity index is 1.49. The lowest BCUT2D eigenvalue weighted by Crippen LogP contribution is -2.45. The number of hydrogen-bond donors (Lipinski definition) is 2. The Kier molecular flexibility index (Phi) is 7.18. The second-order valence-corrected chi connectivity index (χ2v) is 8.54. The maximum atomic E-state index is 13.8. The van der Waals surface area contributed by atoms with Crippen LogP contribution in [0.3, 0.4) is 0 Å². The molecular weight excluding hydrogens is 489 g/mol. The number of anilines is 3. The summed E-state index contributed by atoms with van der Waals surface area (Å²) < 4.78 is 46.4. The Hall–Kier alpha value is -3.31. The molecule has 8 nitrogen and oxygen atoms in total. The molecule has 2 aromatic carbocycles. The quantitative estimate of drug-likeness (QED) is 0.639. The average molecular weight is 511 g/mol. The predicted octanol–water partition coefficient (Wildman–Crippen LogP) is 4.36. The highest BCUT2D eigenvalue weighted by molar-refractivity contribution is 6.30. The van der Waals surface area contributed by atoms with Crippen molar-refractivity contribution < 1.29 is 32.3 Å². The molecule has 0 bridgehead atoms. The van der Waals surface area contributed by atoms with Crippen molar-refractivity contribution in [3.05, 3.63) is 53.1 Å². The predicted molar refractivity (Wildman–Crippen MR) is 123 cm³/mol. The van der Waals surface area contributed by atoms with E-state index in [0.29, 0.717) is 30.1 Å². The largest absolute Gasteiger partial charge is 0.418 e. The van der Waals surface area contributed by atoms with Crippen LogP contribution in [0.2, 0.25) is 5.02 Å². The third-order valence-corrected chi connectivity index (χ3v) is 6.01. The fourth-order valence-corrected chi connectivity index (χ4v) is 4.21. The number of rotatable bonds is 4. The molecule has 2 heterocycles. The Labute approximate surface area is 204 Å². The number of carbonyl (C=O) groups is 3. The third-order valence-electron chi connectivity index (χ3n) is 5.76. The molecule has 4 amide bonds. The van der Waals surface area contributed by atoms with Gasteiger partial charge in [0.15, 0.2) is 0 Å². The first-order chi connectivity index (χ1) is 16.6. The van der Waals surface area contributed by atoms with Gasteiger partial charge in [0.25, 0.3) is 5.91 Å². The second kappa shape index (κ2) is 10.1. The highest BCUT2D eigenvalue weighted by Gasteiger charge is 2.38. The van der Waals surface area contributed by atoms with E-state index >= 15 is 0 Å². The molecule has 2 aliphatic heterocycles. The van der Waals surface area contributed by atoms with Gasteiger partial charge in [-0.1, -0.05) is 11.6 Å². The van der Waals surface area contributed by atoms with E-state index in [1.54, 1.807) is 24.3 Å². The lowest BCUT2D eigenvalue weighted by Gasteiger charge is -2.29. The molecule has 35 heavy (non-hydrogen) atoms. The number of benzene rings is 2. The van der Waals surface area contributed by atoms with E-state index in [2.05, 4.69) is 10.6 Å². The van der Waals surface area contributed by atoms with Crippen molar-refractivity contribution in [2.75, 3.05) is 41.8 Å². The molecule has 2 N–H and O–H groups in total. The summed E-state index contributed by atoms with van der Waals surface area (Å²) >= 11 is 5.85. The minimum atomic E-state index is -4.76. The van der Waals surface area contributed by atoms with E-state index < -0.39 is 35.6 Å². The summed E-state index contributed by atoms with van der Waals surface area (Å²) in [7, 11) is 0. The third kappa shape index (κ3) is 5.68. The number of urea groups is 1. The molecule has 2 saturated heterocycles. The summed E-state index contributed by atoms with van der Waals surface area (Å²) in [6.45, 7) is 0.138. The number of morpholine rings is 1. The number of ether oxygens (including phenoxy) is 1. The van der Waals surface area contributed by atoms with Gasteiger partial charge in [-0.15, -0.1) is 0 Å². The number of halogens is 4. The molecule has 186 valence electrons. The van der Waals surface area contributed by atoms with Crippen molar-refractivity contribution in [2.24, 2.45) is 0 Å². The monoisotopic (exact) mass is 510 g/mol. The maximum Gasteiger partial charge on any atom is 0.418 e. The van der Waals surface area contributed by atoms with Crippen LogP contribution in [0, 0.1) is 0 Å². The fraction of sp³-hybridized carbons (Fsp3) is 0.348. The molecule has 0 spiro atoms. The number of nitrogens with zero attached hydrogens (tertiary/aromatic N) is 2. The molecule has 2 fully saturated rings. The number of carbonyl (C=O) groups excluding carboxylic acids is 3. The fourth-order valence-electron chi connectivity index (χ4n) is 4.09. The van der Waals surface area contributed by atoms with E-state index in [1.165, 1.54) is 11.0 Å². The maximum absolute atomic E-state index is 13.8. The van der Waals surface area contributed by atoms with E-state index in [4.69, 9.17) is 16.3 Å². The Bertz CT molecular complexity index is 1130. The van der Waals surface area contributed by atoms with Gasteiger partial charge in [0.1, 0.15) is 12.6 Å². The van der Waals surface area contributed by atoms with Gasteiger partial charge in [-0.2, -0.15) is 13.2 Å². The standard InChI is InChI=1S/C23H22ClF3N4O4/c24-14-3-5-15(6-4-14)29-22(34)31-9-1-2-19(31)21(33)28-16-7-8-18(17(12-16)23(25,26)27)30-10-11-35-13-20(30)32/h3-8,12,19H,1-2,9-11,13H2,(H,28,33)(H,29,34)/t19-/m1/s1. The first-order valence-electron chi connectivity index (χ1n) is 10.9. The second-order valence-electron chi connectivity index (χ2n) is 8.11. The minimum Gasteiger partial charge on any atom is -0.370 e. The molecule has 0 saturated carbocycles.